The predicted molar refractivity (Wildman–Crippen MR) is 147 cm³/mol. The van der Waals surface area contributed by atoms with E-state index in [-0.39, 0.29) is 30.8 Å². The van der Waals surface area contributed by atoms with Crippen molar-refractivity contribution in [2.24, 2.45) is 5.92 Å². The Bertz CT molecular complexity index is 1330. The number of nitrogens with zero attached hydrogens (tertiary/aromatic N) is 3. The van der Waals surface area contributed by atoms with E-state index >= 15 is 0 Å². The second-order valence-corrected chi connectivity index (χ2v) is 10.7. The molecule has 3 N–H and O–H groups in total. The number of benzene rings is 1. The summed E-state index contributed by atoms with van der Waals surface area (Å²) in [6, 6.07) is 8.02. The van der Waals surface area contributed by atoms with Crippen molar-refractivity contribution in [1.29, 1.82) is 0 Å². The molecule has 5 rings (SSSR count). The van der Waals surface area contributed by atoms with Gasteiger partial charge in [0.15, 0.2) is 5.79 Å². The number of aliphatic hydroxyl groups is 1. The van der Waals surface area contributed by atoms with Gasteiger partial charge in [0.05, 0.1) is 40.2 Å². The van der Waals surface area contributed by atoms with E-state index in [0.717, 1.165) is 32.9 Å². The summed E-state index contributed by atoms with van der Waals surface area (Å²) < 4.78 is 57.4. The minimum Gasteiger partial charge on any atom is -0.396 e. The number of hydrogen-bond acceptors (Lipinski definition) is 12. The first-order valence-electron chi connectivity index (χ1n) is 12.8. The van der Waals surface area contributed by atoms with Gasteiger partial charge >= 0.3 is 12.6 Å². The van der Waals surface area contributed by atoms with Crippen molar-refractivity contribution in [3.05, 3.63) is 30.0 Å². The molecule has 1 saturated heterocycles. The maximum atomic E-state index is 9.97. The standard InChI is InChI=1S/C24H31N5O4S.2CF2O/c1-13-18(22-28-15-7-5-6-8-17(15)34-22)21(29-23(26-13)25-9-10-31-4)27-16-11-14(12-30)19-20(16)33-24(2,3)32-19;2*2-1(3)4/h5-8,14,16,19-20,30H,9-12H2,1-4H3,(H2,25,26,27,29);;/t14-,16-,19-,20+;;/m1../s1. The van der Waals surface area contributed by atoms with Crippen molar-refractivity contribution in [3.8, 4) is 10.6 Å². The minimum atomic E-state index is -2.83. The molecule has 2 aliphatic rings. The number of methoxy groups -OCH3 is 1. The lowest BCUT2D eigenvalue weighted by Crippen LogP contribution is -2.35. The Labute approximate surface area is 242 Å². The third-order valence-electron chi connectivity index (χ3n) is 6.33. The molecule has 2 fully saturated rings. The fraction of sp³-hybridized carbons (Fsp3) is 0.500. The Kier molecular flexibility index (Phi) is 11.6. The minimum absolute atomic E-state index is 0.00240. The number of aryl methyl sites for hydroxylation is 1. The molecule has 1 saturated carbocycles. The first-order valence-corrected chi connectivity index (χ1v) is 13.6. The van der Waals surface area contributed by atoms with Crippen LogP contribution < -0.4 is 10.6 Å². The molecule has 4 atom stereocenters. The quantitative estimate of drug-likeness (QED) is 0.167. The molecular formula is C26H31F4N5O6S. The normalized spacial score (nSPS) is 21.9. The van der Waals surface area contributed by atoms with Crippen molar-refractivity contribution in [3.63, 3.8) is 0 Å². The van der Waals surface area contributed by atoms with Crippen LogP contribution in [0.15, 0.2) is 24.3 Å². The molecule has 0 unspecified atom stereocenters. The first-order chi connectivity index (χ1) is 19.8. The Morgan fingerprint density at radius 1 is 1.10 bits per heavy atom. The third-order valence-corrected chi connectivity index (χ3v) is 7.38. The van der Waals surface area contributed by atoms with Crippen molar-refractivity contribution in [1.82, 2.24) is 15.0 Å². The fourth-order valence-corrected chi connectivity index (χ4v) is 5.90. The van der Waals surface area contributed by atoms with Crippen LogP contribution in [0.4, 0.5) is 38.9 Å². The van der Waals surface area contributed by atoms with Crippen molar-refractivity contribution < 1.29 is 46.5 Å². The molecular weight excluding hydrogens is 586 g/mol. The van der Waals surface area contributed by atoms with Gasteiger partial charge in [-0.05, 0) is 39.3 Å². The van der Waals surface area contributed by atoms with Crippen LogP contribution >= 0.6 is 11.3 Å². The number of thiazole rings is 1. The van der Waals surface area contributed by atoms with Crippen LogP contribution in [0.3, 0.4) is 0 Å². The second-order valence-electron chi connectivity index (χ2n) is 9.71. The van der Waals surface area contributed by atoms with Crippen LogP contribution in [0.2, 0.25) is 0 Å². The monoisotopic (exact) mass is 617 g/mol. The van der Waals surface area contributed by atoms with Gasteiger partial charge in [0.2, 0.25) is 5.95 Å². The Morgan fingerprint density at radius 2 is 1.74 bits per heavy atom. The summed E-state index contributed by atoms with van der Waals surface area (Å²) in [5, 5.41) is 17.7. The Balaban J connectivity index is 0.000000540. The van der Waals surface area contributed by atoms with Crippen LogP contribution in [0.25, 0.3) is 20.8 Å². The lowest BCUT2D eigenvalue weighted by atomic mass is 10.1. The maximum Gasteiger partial charge on any atom is 0.483 e. The highest BCUT2D eigenvalue weighted by Gasteiger charge is 2.54. The van der Waals surface area contributed by atoms with E-state index in [4.69, 9.17) is 38.8 Å². The van der Waals surface area contributed by atoms with Crippen LogP contribution in [0.1, 0.15) is 26.0 Å². The van der Waals surface area contributed by atoms with Crippen LogP contribution in [0, 0.1) is 12.8 Å². The molecule has 0 bridgehead atoms. The zero-order valence-corrected chi connectivity index (χ0v) is 24.0. The number of rotatable bonds is 8. The number of carbonyl (C=O) groups excluding carboxylic acids is 2. The summed E-state index contributed by atoms with van der Waals surface area (Å²) in [5.74, 6) is 0.534. The van der Waals surface area contributed by atoms with E-state index < -0.39 is 18.4 Å². The molecule has 2 aromatic heterocycles. The average Bonchev–Trinajstić information content (AvgIpc) is 3.54. The number of aromatic nitrogens is 3. The van der Waals surface area contributed by atoms with Gasteiger partial charge in [0, 0.05) is 26.2 Å². The summed E-state index contributed by atoms with van der Waals surface area (Å²) >= 11 is 1.62. The smallest absolute Gasteiger partial charge is 0.396 e. The number of fused-ring (bicyclic) bond motifs is 2. The second kappa shape index (κ2) is 14.7. The van der Waals surface area contributed by atoms with E-state index in [1.165, 1.54) is 0 Å². The number of ether oxygens (including phenoxy) is 3. The summed E-state index contributed by atoms with van der Waals surface area (Å²) in [5.41, 5.74) is 2.65. The number of carbonyl (C=O) groups is 2. The predicted octanol–water partition coefficient (Wildman–Crippen LogP) is 5.52. The van der Waals surface area contributed by atoms with E-state index in [2.05, 4.69) is 16.7 Å². The first kappa shape index (κ1) is 33.2. The number of para-hydroxylation sites is 1. The van der Waals surface area contributed by atoms with Gasteiger partial charge in [0.25, 0.3) is 0 Å². The third kappa shape index (κ3) is 8.84. The van der Waals surface area contributed by atoms with E-state index in [9.17, 15) is 22.7 Å². The van der Waals surface area contributed by atoms with Gasteiger partial charge in [-0.2, -0.15) is 4.98 Å². The molecule has 11 nitrogen and oxygen atoms in total. The lowest BCUT2D eigenvalue weighted by molar-refractivity contribution is -0.158. The van der Waals surface area contributed by atoms with Crippen LogP contribution in [-0.4, -0.2) is 83.5 Å². The van der Waals surface area contributed by atoms with Crippen molar-refractivity contribution >= 4 is 45.9 Å². The van der Waals surface area contributed by atoms with E-state index in [0.29, 0.717) is 24.9 Å². The summed E-state index contributed by atoms with van der Waals surface area (Å²) in [7, 11) is 1.66. The van der Waals surface area contributed by atoms with Crippen molar-refractivity contribution in [2.75, 3.05) is 37.5 Å². The molecule has 0 amide bonds. The SMILES string of the molecule is COCCNc1nc(C)c(-c2nc3ccccc3s2)c(N[C@@H]2C[C@H](CO)[C@H]3OC(C)(C)O[C@H]32)n1.O=C(F)F.O=C(F)F. The van der Waals surface area contributed by atoms with Gasteiger partial charge in [-0.15, -0.1) is 28.9 Å². The molecule has 1 aliphatic heterocycles. The average molecular weight is 618 g/mol. The Hall–Kier alpha value is -3.31. The zero-order chi connectivity index (χ0) is 31.0. The molecule has 1 aromatic carbocycles. The number of nitrogens with one attached hydrogen (secondary N) is 2. The van der Waals surface area contributed by atoms with Gasteiger partial charge in [-0.25, -0.2) is 19.6 Å². The highest BCUT2D eigenvalue weighted by atomic mass is 32.1. The number of anilines is 2. The van der Waals surface area contributed by atoms with E-state index in [1.807, 2.05) is 39.0 Å². The molecule has 0 radical (unpaired) electrons. The topological polar surface area (TPSA) is 145 Å². The molecule has 3 heterocycles. The molecule has 3 aromatic rings. The lowest BCUT2D eigenvalue weighted by Gasteiger charge is -2.25. The fourth-order valence-electron chi connectivity index (χ4n) is 4.84. The highest BCUT2D eigenvalue weighted by molar-refractivity contribution is 7.21. The molecule has 16 heteroatoms. The highest BCUT2D eigenvalue weighted by Crippen LogP contribution is 2.44. The summed E-state index contributed by atoms with van der Waals surface area (Å²) in [6.07, 6.45) is -5.29. The molecule has 0 spiro atoms. The number of halogens is 4. The van der Waals surface area contributed by atoms with Gasteiger partial charge in [-0.1, -0.05) is 12.1 Å². The van der Waals surface area contributed by atoms with Gasteiger partial charge in [0.1, 0.15) is 16.9 Å². The van der Waals surface area contributed by atoms with E-state index in [1.54, 1.807) is 18.4 Å². The zero-order valence-electron chi connectivity index (χ0n) is 23.2. The largest absolute Gasteiger partial charge is 0.483 e. The number of aliphatic hydroxyl groups excluding tert-OH is 1. The maximum absolute atomic E-state index is 9.97. The molecule has 1 aliphatic carbocycles. The van der Waals surface area contributed by atoms with Gasteiger partial charge in [-0.3, -0.25) is 0 Å². The Morgan fingerprint density at radius 3 is 2.36 bits per heavy atom. The summed E-state index contributed by atoms with van der Waals surface area (Å²) in [4.78, 5) is 30.6. The van der Waals surface area contributed by atoms with Crippen LogP contribution in [0.5, 0.6) is 0 Å². The summed E-state index contributed by atoms with van der Waals surface area (Å²) in [6.45, 7) is 7.00. The van der Waals surface area contributed by atoms with Crippen LogP contribution in [-0.2, 0) is 14.2 Å². The molecule has 230 valence electrons. The molecule has 42 heavy (non-hydrogen) atoms. The number of hydrogen-bond donors (Lipinski definition) is 3. The van der Waals surface area contributed by atoms with Gasteiger partial charge < -0.3 is 30.0 Å². The van der Waals surface area contributed by atoms with Crippen molar-refractivity contribution in [2.45, 2.75) is 51.2 Å².